The predicted octanol–water partition coefficient (Wildman–Crippen LogP) is 1.42. The second-order valence-corrected chi connectivity index (χ2v) is 6.17. The zero-order chi connectivity index (χ0) is 12.1. The Morgan fingerprint density at radius 3 is 3.29 bits per heavy atom. The van der Waals surface area contributed by atoms with E-state index in [4.69, 9.17) is 0 Å². The number of carbonyl (C=O) groups is 1. The second kappa shape index (κ2) is 6.37. The lowest BCUT2D eigenvalue weighted by molar-refractivity contribution is -0.122. The molecule has 1 aliphatic heterocycles. The minimum absolute atomic E-state index is 0.0127. The number of nitrogens with one attached hydrogen (secondary N) is 2. The number of hydrogen-bond donors (Lipinski definition) is 2. The lowest BCUT2D eigenvalue weighted by atomic mass is 10.2. The van der Waals surface area contributed by atoms with Crippen LogP contribution >= 0.6 is 23.1 Å². The third-order valence-electron chi connectivity index (χ3n) is 2.63. The quantitative estimate of drug-likeness (QED) is 0.869. The number of thiazole rings is 1. The Balaban J connectivity index is 1.76. The van der Waals surface area contributed by atoms with Gasteiger partial charge in [-0.25, -0.2) is 4.98 Å². The number of carbonyl (C=O) groups excluding carboxylic acids is 1. The van der Waals surface area contributed by atoms with E-state index < -0.39 is 0 Å². The summed E-state index contributed by atoms with van der Waals surface area (Å²) in [6.45, 7) is 2.98. The Hall–Kier alpha value is -0.590. The fourth-order valence-electron chi connectivity index (χ4n) is 1.79. The molecule has 2 atom stereocenters. The minimum Gasteiger partial charge on any atom is -0.347 e. The maximum Gasteiger partial charge on any atom is 0.222 e. The molecule has 1 aromatic heterocycles. The molecule has 0 saturated carbocycles. The molecule has 17 heavy (non-hydrogen) atoms. The molecule has 94 valence electrons. The van der Waals surface area contributed by atoms with Gasteiger partial charge in [-0.2, -0.15) is 11.8 Å². The van der Waals surface area contributed by atoms with Gasteiger partial charge in [-0.1, -0.05) is 0 Å². The molecular weight excluding hydrogens is 254 g/mol. The van der Waals surface area contributed by atoms with Gasteiger partial charge in [-0.05, 0) is 6.92 Å². The summed E-state index contributed by atoms with van der Waals surface area (Å²) < 4.78 is 0. The number of rotatable bonds is 4. The van der Waals surface area contributed by atoms with Gasteiger partial charge in [-0.15, -0.1) is 11.3 Å². The fourth-order valence-corrected chi connectivity index (χ4v) is 3.38. The molecular formula is C11H17N3OS2. The molecule has 1 saturated heterocycles. The summed E-state index contributed by atoms with van der Waals surface area (Å²) in [7, 11) is 0. The lowest BCUT2D eigenvalue weighted by Crippen LogP contribution is -2.41. The first-order valence-corrected chi connectivity index (χ1v) is 7.79. The highest BCUT2D eigenvalue weighted by molar-refractivity contribution is 7.99. The third-order valence-corrected chi connectivity index (χ3v) is 4.72. The maximum atomic E-state index is 11.8. The highest BCUT2D eigenvalue weighted by Crippen LogP contribution is 2.15. The number of thioether (sulfide) groups is 1. The van der Waals surface area contributed by atoms with Gasteiger partial charge in [0.15, 0.2) is 0 Å². The lowest BCUT2D eigenvalue weighted by Gasteiger charge is -2.23. The van der Waals surface area contributed by atoms with Gasteiger partial charge in [0.1, 0.15) is 5.01 Å². The number of nitrogens with zero attached hydrogens (tertiary/aromatic N) is 1. The second-order valence-electron chi connectivity index (χ2n) is 4.09. The van der Waals surface area contributed by atoms with Crippen LogP contribution in [0.5, 0.6) is 0 Å². The molecule has 2 unspecified atom stereocenters. The standard InChI is InChI=1S/C11H17N3OS2/c1-8(11-13-3-5-17-11)14-10(15)6-9-7-16-4-2-12-9/h3,5,8-9,12H,2,4,6-7H2,1H3,(H,14,15). The predicted molar refractivity (Wildman–Crippen MR) is 72.4 cm³/mol. The molecule has 2 N–H and O–H groups in total. The van der Waals surface area contributed by atoms with Crippen molar-refractivity contribution in [3.05, 3.63) is 16.6 Å². The maximum absolute atomic E-state index is 11.8. The topological polar surface area (TPSA) is 54.0 Å². The van der Waals surface area contributed by atoms with Crippen LogP contribution in [-0.4, -0.2) is 35.0 Å². The van der Waals surface area contributed by atoms with E-state index in [1.165, 1.54) is 0 Å². The van der Waals surface area contributed by atoms with Crippen molar-refractivity contribution < 1.29 is 4.79 Å². The van der Waals surface area contributed by atoms with Crippen molar-refractivity contribution in [3.63, 3.8) is 0 Å². The molecule has 0 radical (unpaired) electrons. The molecule has 2 rings (SSSR count). The Labute approximate surface area is 110 Å². The zero-order valence-electron chi connectivity index (χ0n) is 9.81. The van der Waals surface area contributed by atoms with E-state index in [0.29, 0.717) is 12.5 Å². The van der Waals surface area contributed by atoms with Crippen molar-refractivity contribution in [2.75, 3.05) is 18.1 Å². The van der Waals surface area contributed by atoms with Crippen LogP contribution in [0.15, 0.2) is 11.6 Å². The first-order chi connectivity index (χ1) is 8.25. The van der Waals surface area contributed by atoms with Crippen molar-refractivity contribution in [1.82, 2.24) is 15.6 Å². The van der Waals surface area contributed by atoms with Crippen molar-refractivity contribution in [3.8, 4) is 0 Å². The van der Waals surface area contributed by atoms with E-state index in [9.17, 15) is 4.79 Å². The molecule has 0 aromatic carbocycles. The van der Waals surface area contributed by atoms with Crippen LogP contribution in [0.25, 0.3) is 0 Å². The SMILES string of the molecule is CC(NC(=O)CC1CSCCN1)c1nccs1. The van der Waals surface area contributed by atoms with Gasteiger partial charge >= 0.3 is 0 Å². The molecule has 1 fully saturated rings. The number of amides is 1. The van der Waals surface area contributed by atoms with Crippen LogP contribution < -0.4 is 10.6 Å². The van der Waals surface area contributed by atoms with Crippen LogP contribution in [0, 0.1) is 0 Å². The van der Waals surface area contributed by atoms with Crippen molar-refractivity contribution in [1.29, 1.82) is 0 Å². The van der Waals surface area contributed by atoms with Gasteiger partial charge in [-0.3, -0.25) is 4.79 Å². The van der Waals surface area contributed by atoms with E-state index in [1.807, 2.05) is 24.1 Å². The molecule has 0 spiro atoms. The fraction of sp³-hybridized carbons (Fsp3) is 0.636. The monoisotopic (exact) mass is 271 g/mol. The first-order valence-electron chi connectivity index (χ1n) is 5.75. The Kier molecular flexibility index (Phi) is 4.82. The average molecular weight is 271 g/mol. The van der Waals surface area contributed by atoms with E-state index in [1.54, 1.807) is 17.5 Å². The van der Waals surface area contributed by atoms with E-state index >= 15 is 0 Å². The van der Waals surface area contributed by atoms with Crippen LogP contribution in [-0.2, 0) is 4.79 Å². The summed E-state index contributed by atoms with van der Waals surface area (Å²) in [5.41, 5.74) is 0. The van der Waals surface area contributed by atoms with Gasteiger partial charge in [0.2, 0.25) is 5.91 Å². The van der Waals surface area contributed by atoms with E-state index in [2.05, 4.69) is 15.6 Å². The summed E-state index contributed by atoms with van der Waals surface area (Å²) in [6, 6.07) is 0.330. The summed E-state index contributed by atoms with van der Waals surface area (Å²) in [6.07, 6.45) is 2.32. The normalized spacial score (nSPS) is 22.1. The number of aromatic nitrogens is 1. The van der Waals surface area contributed by atoms with Gasteiger partial charge in [0.05, 0.1) is 6.04 Å². The Morgan fingerprint density at radius 1 is 1.76 bits per heavy atom. The largest absolute Gasteiger partial charge is 0.347 e. The highest BCUT2D eigenvalue weighted by atomic mass is 32.2. The molecule has 1 aromatic rings. The van der Waals surface area contributed by atoms with E-state index in [0.717, 1.165) is 23.1 Å². The smallest absolute Gasteiger partial charge is 0.222 e. The van der Waals surface area contributed by atoms with Gasteiger partial charge in [0, 0.05) is 42.1 Å². The van der Waals surface area contributed by atoms with Gasteiger partial charge in [0.25, 0.3) is 0 Å². The highest BCUT2D eigenvalue weighted by Gasteiger charge is 2.18. The number of hydrogen-bond acceptors (Lipinski definition) is 5. The summed E-state index contributed by atoms with van der Waals surface area (Å²) >= 11 is 3.48. The molecule has 1 amide bonds. The molecule has 6 heteroatoms. The van der Waals surface area contributed by atoms with Crippen LogP contribution in [0.4, 0.5) is 0 Å². The van der Waals surface area contributed by atoms with Crippen molar-refractivity contribution >= 4 is 29.0 Å². The Morgan fingerprint density at radius 2 is 2.65 bits per heavy atom. The van der Waals surface area contributed by atoms with Gasteiger partial charge < -0.3 is 10.6 Å². The Bertz CT molecular complexity index is 350. The average Bonchev–Trinajstić information content (AvgIpc) is 2.83. The van der Waals surface area contributed by atoms with Crippen LogP contribution in [0.3, 0.4) is 0 Å². The molecule has 2 heterocycles. The van der Waals surface area contributed by atoms with Crippen LogP contribution in [0.1, 0.15) is 24.4 Å². The third kappa shape index (κ3) is 3.97. The minimum atomic E-state index is 0.0127. The molecule has 0 aliphatic carbocycles. The first kappa shape index (κ1) is 12.9. The molecule has 0 bridgehead atoms. The zero-order valence-corrected chi connectivity index (χ0v) is 11.4. The van der Waals surface area contributed by atoms with Crippen molar-refractivity contribution in [2.45, 2.75) is 25.4 Å². The van der Waals surface area contributed by atoms with Crippen LogP contribution in [0.2, 0.25) is 0 Å². The molecule has 4 nitrogen and oxygen atoms in total. The summed E-state index contributed by atoms with van der Waals surface area (Å²) in [5, 5.41) is 9.24. The summed E-state index contributed by atoms with van der Waals surface area (Å²) in [5.74, 6) is 2.28. The van der Waals surface area contributed by atoms with E-state index in [-0.39, 0.29) is 11.9 Å². The summed E-state index contributed by atoms with van der Waals surface area (Å²) in [4.78, 5) is 16.0. The molecule has 1 aliphatic rings. The van der Waals surface area contributed by atoms with Crippen molar-refractivity contribution in [2.24, 2.45) is 0 Å².